The summed E-state index contributed by atoms with van der Waals surface area (Å²) in [5.74, 6) is 0.685. The minimum atomic E-state index is -0.0469. The molecule has 0 bridgehead atoms. The molecule has 1 aliphatic heterocycles. The molecule has 0 saturated carbocycles. The molecule has 1 aromatic carbocycles. The van der Waals surface area contributed by atoms with Gasteiger partial charge in [-0.3, -0.25) is 14.8 Å². The Bertz CT molecular complexity index is 1030. The Hall–Kier alpha value is -2.99. The number of hydrogen-bond acceptors (Lipinski definition) is 5. The molecule has 4 rings (SSSR count). The second kappa shape index (κ2) is 7.94. The summed E-state index contributed by atoms with van der Waals surface area (Å²) in [7, 11) is 1.81. The first-order valence-corrected chi connectivity index (χ1v) is 10.1. The van der Waals surface area contributed by atoms with Gasteiger partial charge in [0.1, 0.15) is 5.75 Å². The zero-order chi connectivity index (χ0) is 19.5. The number of benzene rings is 1. The van der Waals surface area contributed by atoms with Gasteiger partial charge in [-0.1, -0.05) is 0 Å². The molecule has 3 heterocycles. The van der Waals surface area contributed by atoms with Gasteiger partial charge in [-0.15, -0.1) is 0 Å². The Kier molecular flexibility index (Phi) is 5.21. The van der Waals surface area contributed by atoms with Crippen LogP contribution in [0.4, 0.5) is 0 Å². The maximum atomic E-state index is 13.0. The molecule has 5 nitrogen and oxygen atoms in total. The fraction of sp³-hybridized carbons (Fsp3) is 0.227. The van der Waals surface area contributed by atoms with Crippen molar-refractivity contribution in [3.63, 3.8) is 0 Å². The number of nitrogens with zero attached hydrogens (tertiary/aromatic N) is 3. The van der Waals surface area contributed by atoms with Crippen molar-refractivity contribution in [2.45, 2.75) is 20.0 Å². The van der Waals surface area contributed by atoms with Crippen molar-refractivity contribution in [3.05, 3.63) is 69.7 Å². The number of pyridine rings is 1. The molecule has 0 fully saturated rings. The van der Waals surface area contributed by atoms with E-state index in [0.29, 0.717) is 25.3 Å². The molecule has 6 heteroatoms. The summed E-state index contributed by atoms with van der Waals surface area (Å²) in [6, 6.07) is 7.72. The Balaban J connectivity index is 1.57. The summed E-state index contributed by atoms with van der Waals surface area (Å²) in [4.78, 5) is 23.3. The van der Waals surface area contributed by atoms with Crippen molar-refractivity contribution in [1.29, 1.82) is 0 Å². The summed E-state index contributed by atoms with van der Waals surface area (Å²) in [5.41, 5.74) is 5.94. The van der Waals surface area contributed by atoms with Crippen molar-refractivity contribution in [1.82, 2.24) is 9.88 Å². The predicted molar refractivity (Wildman–Crippen MR) is 112 cm³/mol. The Morgan fingerprint density at radius 2 is 2.18 bits per heavy atom. The van der Waals surface area contributed by atoms with Crippen LogP contribution in [0.15, 0.2) is 52.4 Å². The zero-order valence-corrected chi connectivity index (χ0v) is 16.7. The third-order valence-corrected chi connectivity index (χ3v) is 5.46. The minimum absolute atomic E-state index is 0.0469. The molecule has 0 unspecified atom stereocenters. The molecule has 3 aromatic rings. The Morgan fingerprint density at radius 3 is 2.96 bits per heavy atom. The van der Waals surface area contributed by atoms with Gasteiger partial charge in [0.15, 0.2) is 0 Å². The van der Waals surface area contributed by atoms with Crippen LogP contribution in [0.3, 0.4) is 0 Å². The molecule has 28 heavy (non-hydrogen) atoms. The molecule has 1 amide bonds. The number of carbonyl (C=O) groups excluding carboxylic acids is 1. The van der Waals surface area contributed by atoms with E-state index < -0.39 is 0 Å². The molecule has 0 saturated heterocycles. The van der Waals surface area contributed by atoms with Crippen LogP contribution >= 0.6 is 11.3 Å². The molecular weight excluding hydrogens is 370 g/mol. The lowest BCUT2D eigenvalue weighted by atomic mass is 10.0. The normalized spacial score (nSPS) is 12.1. The molecule has 0 atom stereocenters. The summed E-state index contributed by atoms with van der Waals surface area (Å²) >= 11 is 1.64. The van der Waals surface area contributed by atoms with E-state index in [1.165, 1.54) is 0 Å². The quantitative estimate of drug-likeness (QED) is 0.625. The van der Waals surface area contributed by atoms with Gasteiger partial charge in [0.05, 0.1) is 13.2 Å². The van der Waals surface area contributed by atoms with Crippen LogP contribution in [0.5, 0.6) is 5.75 Å². The number of rotatable bonds is 6. The van der Waals surface area contributed by atoms with E-state index in [1.54, 1.807) is 16.2 Å². The van der Waals surface area contributed by atoms with E-state index in [0.717, 1.165) is 33.6 Å². The number of hydrogen-bond donors (Lipinski definition) is 0. The van der Waals surface area contributed by atoms with Crippen LogP contribution < -0.4 is 4.74 Å². The average molecular weight is 391 g/mol. The Morgan fingerprint density at radius 1 is 1.29 bits per heavy atom. The van der Waals surface area contributed by atoms with Crippen molar-refractivity contribution in [2.24, 2.45) is 4.99 Å². The summed E-state index contributed by atoms with van der Waals surface area (Å²) in [6.07, 6.45) is 5.47. The molecular formula is C22H21N3O2S. The fourth-order valence-electron chi connectivity index (χ4n) is 3.36. The summed E-state index contributed by atoms with van der Waals surface area (Å²) < 4.78 is 5.82. The largest absolute Gasteiger partial charge is 0.493 e. The van der Waals surface area contributed by atoms with Crippen molar-refractivity contribution in [2.75, 3.05) is 13.7 Å². The first kappa shape index (κ1) is 18.4. The van der Waals surface area contributed by atoms with Crippen LogP contribution in [0, 0.1) is 0 Å². The van der Waals surface area contributed by atoms with Gasteiger partial charge < -0.3 is 9.64 Å². The van der Waals surface area contributed by atoms with E-state index in [4.69, 9.17) is 4.74 Å². The van der Waals surface area contributed by atoms with Crippen molar-refractivity contribution >= 4 is 23.5 Å². The van der Waals surface area contributed by atoms with Crippen LogP contribution in [0.25, 0.3) is 11.1 Å². The third-order valence-electron chi connectivity index (χ3n) is 4.77. The number of carbonyl (C=O) groups is 1. The molecule has 0 radical (unpaired) electrons. The summed E-state index contributed by atoms with van der Waals surface area (Å²) in [5, 5.41) is 4.12. The highest BCUT2D eigenvalue weighted by molar-refractivity contribution is 7.08. The lowest BCUT2D eigenvalue weighted by molar-refractivity contribution is 0.0784. The summed E-state index contributed by atoms with van der Waals surface area (Å²) in [6.45, 7) is 3.64. The standard InChI is InChI=1S/C22H21N3O2S/c1-3-27-21-8-15(4-5-19(21)16-6-7-28-14-16)22(26)25(2)13-18-11-23-9-17-10-24-12-20(17)18/h4-11,14H,3,12-13H2,1-2H3. The van der Waals surface area contributed by atoms with Crippen molar-refractivity contribution < 1.29 is 9.53 Å². The van der Waals surface area contributed by atoms with E-state index in [2.05, 4.69) is 21.4 Å². The van der Waals surface area contributed by atoms with Gasteiger partial charge in [0.25, 0.3) is 5.91 Å². The number of fused-ring (bicyclic) bond motifs is 1. The molecule has 1 aliphatic rings. The van der Waals surface area contributed by atoms with Crippen LogP contribution in [-0.2, 0) is 13.1 Å². The van der Waals surface area contributed by atoms with E-state index in [9.17, 15) is 4.79 Å². The number of amides is 1. The van der Waals surface area contributed by atoms with E-state index in [-0.39, 0.29) is 5.91 Å². The highest BCUT2D eigenvalue weighted by Crippen LogP contribution is 2.33. The SMILES string of the molecule is CCOc1cc(C(=O)N(C)Cc2cncc3c2CN=C3)ccc1-c1ccsc1. The van der Waals surface area contributed by atoms with Gasteiger partial charge in [0.2, 0.25) is 0 Å². The second-order valence-corrected chi connectivity index (χ2v) is 7.43. The first-order valence-electron chi connectivity index (χ1n) is 9.18. The number of aromatic nitrogens is 1. The number of ether oxygens (including phenoxy) is 1. The minimum Gasteiger partial charge on any atom is -0.493 e. The van der Waals surface area contributed by atoms with E-state index in [1.807, 2.05) is 56.2 Å². The second-order valence-electron chi connectivity index (χ2n) is 6.65. The maximum Gasteiger partial charge on any atom is 0.254 e. The van der Waals surface area contributed by atoms with Crippen LogP contribution in [0.2, 0.25) is 0 Å². The number of aliphatic imine (C=N–C) groups is 1. The molecule has 2 aromatic heterocycles. The van der Waals surface area contributed by atoms with Crippen LogP contribution in [0.1, 0.15) is 34.0 Å². The van der Waals surface area contributed by atoms with E-state index >= 15 is 0 Å². The van der Waals surface area contributed by atoms with Gasteiger partial charge in [-0.05, 0) is 58.6 Å². The van der Waals surface area contributed by atoms with Gasteiger partial charge in [-0.25, -0.2) is 0 Å². The highest BCUT2D eigenvalue weighted by atomic mass is 32.1. The molecule has 0 aliphatic carbocycles. The van der Waals surface area contributed by atoms with Gasteiger partial charge >= 0.3 is 0 Å². The smallest absolute Gasteiger partial charge is 0.254 e. The van der Waals surface area contributed by atoms with Crippen LogP contribution in [-0.4, -0.2) is 35.7 Å². The molecule has 0 spiro atoms. The number of thiophene rings is 1. The lowest BCUT2D eigenvalue weighted by Crippen LogP contribution is -2.27. The molecule has 0 N–H and O–H groups in total. The highest BCUT2D eigenvalue weighted by Gasteiger charge is 2.18. The average Bonchev–Trinajstić information content (AvgIpc) is 3.40. The molecule has 142 valence electrons. The topological polar surface area (TPSA) is 54.8 Å². The zero-order valence-electron chi connectivity index (χ0n) is 15.9. The third kappa shape index (κ3) is 3.55. The predicted octanol–water partition coefficient (Wildman–Crippen LogP) is 4.41. The van der Waals surface area contributed by atoms with Gasteiger partial charge in [-0.2, -0.15) is 11.3 Å². The Labute approximate surface area is 168 Å². The van der Waals surface area contributed by atoms with Gasteiger partial charge in [0, 0.05) is 48.9 Å². The first-order chi connectivity index (χ1) is 13.7. The maximum absolute atomic E-state index is 13.0. The monoisotopic (exact) mass is 391 g/mol. The fourth-order valence-corrected chi connectivity index (χ4v) is 4.01. The lowest BCUT2D eigenvalue weighted by Gasteiger charge is -2.20. The van der Waals surface area contributed by atoms with Crippen molar-refractivity contribution in [3.8, 4) is 16.9 Å².